The Bertz CT molecular complexity index is 1200. The van der Waals surface area contributed by atoms with Crippen LogP contribution in [-0.4, -0.2) is 10.1 Å². The van der Waals surface area contributed by atoms with E-state index in [1.54, 1.807) is 0 Å². The topological polar surface area (TPSA) is 41.3 Å². The van der Waals surface area contributed by atoms with E-state index in [4.69, 9.17) is 16.6 Å². The largest absolute Gasteiger partial charge is 0.459 e. The Morgan fingerprint density at radius 3 is 2.35 bits per heavy atom. The fourth-order valence-electron chi connectivity index (χ4n) is 4.28. The maximum absolute atomic E-state index is 6.40. The van der Waals surface area contributed by atoms with E-state index >= 15 is 0 Å². The van der Waals surface area contributed by atoms with Crippen LogP contribution in [0.1, 0.15) is 34.7 Å². The fraction of sp³-hybridized carbons (Fsp3) is 0.154. The fourth-order valence-corrected chi connectivity index (χ4v) is 4.63. The van der Waals surface area contributed by atoms with Gasteiger partial charge in [0.25, 0.3) is 0 Å². The summed E-state index contributed by atoms with van der Waals surface area (Å²) in [6.07, 6.45) is 1.81. The second-order valence-electron chi connectivity index (χ2n) is 7.91. The first-order chi connectivity index (χ1) is 15.1. The second kappa shape index (κ2) is 8.00. The lowest BCUT2D eigenvalue weighted by Crippen LogP contribution is -2.29. The number of thiocarbonyl (C=S) groups is 1. The molecule has 0 bridgehead atoms. The Balaban J connectivity index is 1.62. The summed E-state index contributed by atoms with van der Waals surface area (Å²) < 4.78 is 6.40. The number of anilines is 1. The van der Waals surface area contributed by atoms with Gasteiger partial charge in [0.2, 0.25) is 0 Å². The van der Waals surface area contributed by atoms with Crippen LogP contribution >= 0.6 is 12.2 Å². The molecule has 1 saturated heterocycles. The van der Waals surface area contributed by atoms with Crippen LogP contribution < -0.4 is 10.2 Å². The predicted octanol–water partition coefficient (Wildman–Crippen LogP) is 6.14. The standard InChI is InChI=1S/C26H23N3OS/c1-17-14-18(2)16-20(15-17)29-25(24(28-26(29)31)21-10-6-7-13-27-21)23-12-11-22(30-23)19-8-4-3-5-9-19/h3-16,24-25H,1-2H3,(H,28,31)/t24-,25+/m0/s1. The Morgan fingerprint density at radius 2 is 1.65 bits per heavy atom. The van der Waals surface area contributed by atoms with Gasteiger partial charge in [-0.25, -0.2) is 0 Å². The highest BCUT2D eigenvalue weighted by atomic mass is 32.1. The Hall–Kier alpha value is -3.44. The minimum absolute atomic E-state index is 0.121. The van der Waals surface area contributed by atoms with Gasteiger partial charge in [-0.1, -0.05) is 42.5 Å². The van der Waals surface area contributed by atoms with E-state index in [-0.39, 0.29) is 12.1 Å². The van der Waals surface area contributed by atoms with Gasteiger partial charge in [0.05, 0.1) is 11.7 Å². The summed E-state index contributed by atoms with van der Waals surface area (Å²) in [7, 11) is 0. The van der Waals surface area contributed by atoms with Crippen molar-refractivity contribution in [3.63, 3.8) is 0 Å². The van der Waals surface area contributed by atoms with Crippen LogP contribution in [0.2, 0.25) is 0 Å². The number of benzene rings is 2. The van der Waals surface area contributed by atoms with Crippen LogP contribution in [0.15, 0.2) is 89.5 Å². The number of furan rings is 1. The molecule has 0 saturated carbocycles. The van der Waals surface area contributed by atoms with Crippen LogP contribution in [0.4, 0.5) is 5.69 Å². The molecule has 0 amide bonds. The van der Waals surface area contributed by atoms with Crippen LogP contribution in [0.3, 0.4) is 0 Å². The third-order valence-electron chi connectivity index (χ3n) is 5.56. The maximum atomic E-state index is 6.40. The van der Waals surface area contributed by atoms with Gasteiger partial charge in [-0.05, 0) is 73.6 Å². The van der Waals surface area contributed by atoms with Crippen molar-refractivity contribution >= 4 is 23.0 Å². The molecule has 2 aromatic heterocycles. The zero-order chi connectivity index (χ0) is 21.4. The normalized spacial score (nSPS) is 18.3. The highest BCUT2D eigenvalue weighted by Crippen LogP contribution is 2.43. The molecule has 4 aromatic rings. The van der Waals surface area contributed by atoms with Crippen molar-refractivity contribution < 1.29 is 4.42 Å². The predicted molar refractivity (Wildman–Crippen MR) is 128 cm³/mol. The summed E-state index contributed by atoms with van der Waals surface area (Å²) in [6.45, 7) is 4.21. The Labute approximate surface area is 187 Å². The summed E-state index contributed by atoms with van der Waals surface area (Å²) in [5.41, 5.74) is 5.43. The van der Waals surface area contributed by atoms with Gasteiger partial charge in [0.15, 0.2) is 5.11 Å². The summed E-state index contributed by atoms with van der Waals surface area (Å²) in [5.74, 6) is 1.69. The SMILES string of the molecule is Cc1cc(C)cc(N2C(=S)N[C@@H](c3ccccn3)[C@H]2c2ccc(-c3ccccc3)o2)c1. The van der Waals surface area contributed by atoms with Gasteiger partial charge < -0.3 is 14.6 Å². The van der Waals surface area contributed by atoms with Crippen LogP contribution in [0, 0.1) is 13.8 Å². The average Bonchev–Trinajstić information content (AvgIpc) is 3.39. The lowest BCUT2D eigenvalue weighted by atomic mass is 10.0. The molecule has 154 valence electrons. The molecule has 31 heavy (non-hydrogen) atoms. The van der Waals surface area contributed by atoms with Crippen LogP contribution in [-0.2, 0) is 0 Å². The molecule has 3 heterocycles. The van der Waals surface area contributed by atoms with Crippen molar-refractivity contribution in [3.05, 3.63) is 108 Å². The highest BCUT2D eigenvalue weighted by Gasteiger charge is 2.42. The van der Waals surface area contributed by atoms with Crippen molar-refractivity contribution in [1.29, 1.82) is 0 Å². The van der Waals surface area contributed by atoms with Gasteiger partial charge in [-0.3, -0.25) is 4.98 Å². The van der Waals surface area contributed by atoms with Crippen molar-refractivity contribution in [3.8, 4) is 11.3 Å². The first-order valence-corrected chi connectivity index (χ1v) is 10.7. The third kappa shape index (κ3) is 3.73. The molecule has 5 rings (SSSR count). The number of hydrogen-bond donors (Lipinski definition) is 1. The summed E-state index contributed by atoms with van der Waals surface area (Å²) >= 11 is 5.81. The zero-order valence-corrected chi connectivity index (χ0v) is 18.3. The molecule has 0 aliphatic carbocycles. The number of pyridine rings is 1. The lowest BCUT2D eigenvalue weighted by molar-refractivity contribution is 0.439. The number of aryl methyl sites for hydroxylation is 2. The maximum Gasteiger partial charge on any atom is 0.174 e. The third-order valence-corrected chi connectivity index (χ3v) is 5.87. The molecule has 1 fully saturated rings. The monoisotopic (exact) mass is 425 g/mol. The molecule has 2 atom stereocenters. The number of nitrogens with zero attached hydrogens (tertiary/aromatic N) is 2. The molecule has 1 aliphatic rings. The molecule has 2 aromatic carbocycles. The Morgan fingerprint density at radius 1 is 0.903 bits per heavy atom. The van der Waals surface area contributed by atoms with E-state index in [9.17, 15) is 0 Å². The van der Waals surface area contributed by atoms with Crippen LogP contribution in [0.5, 0.6) is 0 Å². The summed E-state index contributed by atoms with van der Waals surface area (Å²) in [4.78, 5) is 6.76. The molecule has 0 radical (unpaired) electrons. The summed E-state index contributed by atoms with van der Waals surface area (Å²) in [6, 6.07) is 26.4. The van der Waals surface area contributed by atoms with Crippen molar-refractivity contribution in [2.24, 2.45) is 0 Å². The van der Waals surface area contributed by atoms with Gasteiger partial charge >= 0.3 is 0 Å². The van der Waals surface area contributed by atoms with E-state index in [0.29, 0.717) is 5.11 Å². The van der Waals surface area contributed by atoms with Crippen molar-refractivity contribution in [2.75, 3.05) is 4.90 Å². The molecule has 5 heteroatoms. The molecular weight excluding hydrogens is 402 g/mol. The van der Waals surface area contributed by atoms with Gasteiger partial charge in [-0.15, -0.1) is 0 Å². The molecule has 1 aliphatic heterocycles. The minimum Gasteiger partial charge on any atom is -0.459 e. The molecule has 0 unspecified atom stereocenters. The quantitative estimate of drug-likeness (QED) is 0.398. The zero-order valence-electron chi connectivity index (χ0n) is 17.4. The number of aromatic nitrogens is 1. The first kappa shape index (κ1) is 19.5. The number of hydrogen-bond acceptors (Lipinski definition) is 3. The van der Waals surface area contributed by atoms with Gasteiger partial charge in [-0.2, -0.15) is 0 Å². The Kier molecular flexibility index (Phi) is 5.04. The van der Waals surface area contributed by atoms with Gasteiger partial charge in [0.1, 0.15) is 17.6 Å². The van der Waals surface area contributed by atoms with Gasteiger partial charge in [0, 0.05) is 17.4 Å². The first-order valence-electron chi connectivity index (χ1n) is 10.3. The molecular formula is C26H23N3OS. The molecule has 0 spiro atoms. The number of rotatable bonds is 4. The smallest absolute Gasteiger partial charge is 0.174 e. The summed E-state index contributed by atoms with van der Waals surface area (Å²) in [5, 5.41) is 4.16. The van der Waals surface area contributed by atoms with E-state index in [1.165, 1.54) is 11.1 Å². The molecule has 4 nitrogen and oxygen atoms in total. The van der Waals surface area contributed by atoms with E-state index in [1.807, 2.05) is 54.7 Å². The lowest BCUT2D eigenvalue weighted by Gasteiger charge is -2.26. The van der Waals surface area contributed by atoms with Crippen LogP contribution in [0.25, 0.3) is 11.3 Å². The minimum atomic E-state index is -0.152. The van der Waals surface area contributed by atoms with E-state index in [2.05, 4.69) is 59.4 Å². The highest BCUT2D eigenvalue weighted by molar-refractivity contribution is 7.80. The van der Waals surface area contributed by atoms with Crippen molar-refractivity contribution in [2.45, 2.75) is 25.9 Å². The molecule has 1 N–H and O–H groups in total. The number of nitrogens with one attached hydrogen (secondary N) is 1. The van der Waals surface area contributed by atoms with E-state index < -0.39 is 0 Å². The van der Waals surface area contributed by atoms with E-state index in [0.717, 1.165) is 28.5 Å². The second-order valence-corrected chi connectivity index (χ2v) is 8.30. The van der Waals surface area contributed by atoms with Crippen molar-refractivity contribution in [1.82, 2.24) is 10.3 Å². The average molecular weight is 426 g/mol.